The van der Waals surface area contributed by atoms with Crippen LogP contribution in [0.2, 0.25) is 10.0 Å². The lowest BCUT2D eigenvalue weighted by Gasteiger charge is -2.05. The van der Waals surface area contributed by atoms with Gasteiger partial charge in [0.15, 0.2) is 11.0 Å². The highest BCUT2D eigenvalue weighted by atomic mass is 35.5. The molecule has 0 aliphatic rings. The zero-order chi connectivity index (χ0) is 14.7. The van der Waals surface area contributed by atoms with Crippen molar-refractivity contribution in [2.45, 2.75) is 5.16 Å². The number of nitrogens with zero attached hydrogens (tertiary/aromatic N) is 3. The van der Waals surface area contributed by atoms with Crippen LogP contribution in [0.4, 0.5) is 0 Å². The van der Waals surface area contributed by atoms with Crippen LogP contribution in [0.25, 0.3) is 11.4 Å². The fourth-order valence-electron chi connectivity index (χ4n) is 1.55. The molecule has 8 heteroatoms. The van der Waals surface area contributed by atoms with Crippen molar-refractivity contribution >= 4 is 40.9 Å². The molecule has 106 valence electrons. The van der Waals surface area contributed by atoms with Crippen LogP contribution in [0.5, 0.6) is 0 Å². The van der Waals surface area contributed by atoms with Gasteiger partial charge in [0.1, 0.15) is 0 Å². The summed E-state index contributed by atoms with van der Waals surface area (Å²) in [5.74, 6) is 0.853. The number of rotatable bonds is 4. The van der Waals surface area contributed by atoms with Gasteiger partial charge in [-0.1, -0.05) is 35.0 Å². The Morgan fingerprint density at radius 1 is 1.40 bits per heavy atom. The first kappa shape index (κ1) is 15.2. The summed E-state index contributed by atoms with van der Waals surface area (Å²) in [5.41, 5.74) is 0.748. The average molecular weight is 331 g/mol. The fourth-order valence-corrected chi connectivity index (χ4v) is 2.82. The highest BCUT2D eigenvalue weighted by Gasteiger charge is 2.14. The largest absolute Gasteiger partial charge is 0.358 e. The standard InChI is InChI=1S/C12H12Cl2N4OS/c1-15-10(19)6-20-12-17-16-11(18(12)2)8-4-3-7(13)5-9(8)14/h3-5H,6H2,1-2H3,(H,15,19). The van der Waals surface area contributed by atoms with Crippen LogP contribution in [-0.2, 0) is 11.8 Å². The molecule has 1 amide bonds. The molecule has 2 aromatic rings. The zero-order valence-corrected chi connectivity index (χ0v) is 13.2. The minimum Gasteiger partial charge on any atom is -0.358 e. The van der Waals surface area contributed by atoms with E-state index in [4.69, 9.17) is 23.2 Å². The quantitative estimate of drug-likeness (QED) is 0.875. The molecule has 0 bridgehead atoms. The van der Waals surface area contributed by atoms with Gasteiger partial charge in [-0.3, -0.25) is 4.79 Å². The third-order valence-electron chi connectivity index (χ3n) is 2.62. The topological polar surface area (TPSA) is 59.8 Å². The van der Waals surface area contributed by atoms with Gasteiger partial charge in [-0.2, -0.15) is 0 Å². The first-order chi connectivity index (χ1) is 9.52. The molecule has 0 aliphatic heterocycles. The van der Waals surface area contributed by atoms with Gasteiger partial charge in [-0.25, -0.2) is 0 Å². The summed E-state index contributed by atoms with van der Waals surface area (Å²) in [4.78, 5) is 11.2. The van der Waals surface area contributed by atoms with Crippen LogP contribution >= 0.6 is 35.0 Å². The summed E-state index contributed by atoms with van der Waals surface area (Å²) >= 11 is 13.3. The summed E-state index contributed by atoms with van der Waals surface area (Å²) in [5, 5.41) is 12.5. The maximum absolute atomic E-state index is 11.2. The molecule has 0 atom stereocenters. The predicted molar refractivity (Wildman–Crippen MR) is 81.2 cm³/mol. The van der Waals surface area contributed by atoms with Crippen LogP contribution < -0.4 is 5.32 Å². The van der Waals surface area contributed by atoms with E-state index in [-0.39, 0.29) is 11.7 Å². The highest BCUT2D eigenvalue weighted by Crippen LogP contribution is 2.30. The van der Waals surface area contributed by atoms with E-state index in [9.17, 15) is 4.79 Å². The first-order valence-electron chi connectivity index (χ1n) is 5.71. The number of carbonyl (C=O) groups is 1. The summed E-state index contributed by atoms with van der Waals surface area (Å²) < 4.78 is 1.79. The number of thioether (sulfide) groups is 1. The molecule has 1 aromatic carbocycles. The van der Waals surface area contributed by atoms with Gasteiger partial charge in [0.05, 0.1) is 10.8 Å². The van der Waals surface area contributed by atoms with Crippen molar-refractivity contribution < 1.29 is 4.79 Å². The third-order valence-corrected chi connectivity index (χ3v) is 4.19. The molecule has 0 radical (unpaired) electrons. The molecule has 0 saturated carbocycles. The average Bonchev–Trinajstić information content (AvgIpc) is 2.77. The normalized spacial score (nSPS) is 10.6. The Labute approximate surface area is 130 Å². The van der Waals surface area contributed by atoms with Gasteiger partial charge in [-0.15, -0.1) is 10.2 Å². The fraction of sp³-hybridized carbons (Fsp3) is 0.250. The van der Waals surface area contributed by atoms with Crippen molar-refractivity contribution in [2.24, 2.45) is 7.05 Å². The third kappa shape index (κ3) is 3.26. The number of hydrogen-bond donors (Lipinski definition) is 1. The minimum absolute atomic E-state index is 0.0657. The molecule has 0 unspecified atom stereocenters. The Morgan fingerprint density at radius 3 is 2.80 bits per heavy atom. The van der Waals surface area contributed by atoms with Gasteiger partial charge in [0.2, 0.25) is 5.91 Å². The van der Waals surface area contributed by atoms with E-state index in [1.165, 1.54) is 11.8 Å². The molecule has 1 aromatic heterocycles. The van der Waals surface area contributed by atoms with E-state index in [2.05, 4.69) is 15.5 Å². The Morgan fingerprint density at radius 2 is 2.15 bits per heavy atom. The van der Waals surface area contributed by atoms with Gasteiger partial charge in [-0.05, 0) is 18.2 Å². The molecular weight excluding hydrogens is 319 g/mol. The van der Waals surface area contributed by atoms with E-state index in [1.54, 1.807) is 29.8 Å². The second-order valence-electron chi connectivity index (χ2n) is 3.95. The van der Waals surface area contributed by atoms with E-state index in [0.29, 0.717) is 21.0 Å². The van der Waals surface area contributed by atoms with Gasteiger partial charge < -0.3 is 9.88 Å². The van der Waals surface area contributed by atoms with Gasteiger partial charge in [0, 0.05) is 24.7 Å². The predicted octanol–water partition coefficient (Wildman–Crippen LogP) is 2.63. The zero-order valence-electron chi connectivity index (χ0n) is 10.9. The Kier molecular flexibility index (Phi) is 4.91. The smallest absolute Gasteiger partial charge is 0.230 e. The Hall–Kier alpha value is -1.24. The number of amides is 1. The second kappa shape index (κ2) is 6.47. The van der Waals surface area contributed by atoms with Crippen LogP contribution in [0.1, 0.15) is 0 Å². The molecule has 0 aliphatic carbocycles. The molecule has 1 N–H and O–H groups in total. The molecule has 0 saturated heterocycles. The van der Waals surface area contributed by atoms with Crippen molar-refractivity contribution in [3.63, 3.8) is 0 Å². The molecular formula is C12H12Cl2N4OS. The van der Waals surface area contributed by atoms with Gasteiger partial charge in [0.25, 0.3) is 0 Å². The number of halogens is 2. The van der Waals surface area contributed by atoms with E-state index >= 15 is 0 Å². The van der Waals surface area contributed by atoms with Crippen LogP contribution in [-0.4, -0.2) is 33.5 Å². The van der Waals surface area contributed by atoms with Crippen molar-refractivity contribution in [1.29, 1.82) is 0 Å². The lowest BCUT2D eigenvalue weighted by Crippen LogP contribution is -2.20. The molecule has 0 fully saturated rings. The number of aromatic nitrogens is 3. The molecule has 0 spiro atoms. The highest BCUT2D eigenvalue weighted by molar-refractivity contribution is 7.99. The molecule has 20 heavy (non-hydrogen) atoms. The van der Waals surface area contributed by atoms with Crippen LogP contribution in [0.15, 0.2) is 23.4 Å². The number of nitrogens with one attached hydrogen (secondary N) is 1. The Balaban J connectivity index is 2.26. The number of benzene rings is 1. The van der Waals surface area contributed by atoms with E-state index < -0.39 is 0 Å². The van der Waals surface area contributed by atoms with E-state index in [1.807, 2.05) is 7.05 Å². The summed E-state index contributed by atoms with van der Waals surface area (Å²) in [6, 6.07) is 5.20. The van der Waals surface area contributed by atoms with Crippen molar-refractivity contribution in [1.82, 2.24) is 20.1 Å². The number of hydrogen-bond acceptors (Lipinski definition) is 4. The molecule has 5 nitrogen and oxygen atoms in total. The lowest BCUT2D eigenvalue weighted by atomic mass is 10.2. The summed E-state index contributed by atoms with van der Waals surface area (Å²) in [6.45, 7) is 0. The Bertz CT molecular complexity index is 644. The molecule has 2 rings (SSSR count). The van der Waals surface area contributed by atoms with Crippen molar-refractivity contribution in [3.8, 4) is 11.4 Å². The first-order valence-corrected chi connectivity index (χ1v) is 7.45. The summed E-state index contributed by atoms with van der Waals surface area (Å²) in [6.07, 6.45) is 0. The number of carbonyl (C=O) groups excluding carboxylic acids is 1. The second-order valence-corrected chi connectivity index (χ2v) is 5.74. The molecule has 1 heterocycles. The summed E-state index contributed by atoms with van der Waals surface area (Å²) in [7, 11) is 3.42. The SMILES string of the molecule is CNC(=O)CSc1nnc(-c2ccc(Cl)cc2Cl)n1C. The maximum Gasteiger partial charge on any atom is 0.230 e. The van der Waals surface area contributed by atoms with Crippen molar-refractivity contribution in [3.05, 3.63) is 28.2 Å². The lowest BCUT2D eigenvalue weighted by molar-refractivity contribution is -0.118. The van der Waals surface area contributed by atoms with E-state index in [0.717, 1.165) is 5.56 Å². The monoisotopic (exact) mass is 330 g/mol. The van der Waals surface area contributed by atoms with Crippen LogP contribution in [0, 0.1) is 0 Å². The minimum atomic E-state index is -0.0657. The maximum atomic E-state index is 11.2. The van der Waals surface area contributed by atoms with Crippen LogP contribution in [0.3, 0.4) is 0 Å². The van der Waals surface area contributed by atoms with Gasteiger partial charge >= 0.3 is 0 Å². The van der Waals surface area contributed by atoms with Crippen molar-refractivity contribution in [2.75, 3.05) is 12.8 Å².